The molecule has 0 amide bonds. The molecule has 110 valence electrons. The average molecular weight is 277 g/mol. The van der Waals surface area contributed by atoms with Crippen LogP contribution in [-0.4, -0.2) is 41.7 Å². The molecule has 0 radical (unpaired) electrons. The van der Waals surface area contributed by atoms with Crippen LogP contribution in [0.1, 0.15) is 31.7 Å². The summed E-state index contributed by atoms with van der Waals surface area (Å²) in [4.78, 5) is 13.5. The van der Waals surface area contributed by atoms with E-state index < -0.39 is 5.97 Å². The van der Waals surface area contributed by atoms with Crippen LogP contribution in [0.5, 0.6) is 5.75 Å². The first-order valence-electron chi connectivity index (χ1n) is 7.13. The van der Waals surface area contributed by atoms with Gasteiger partial charge in [0.25, 0.3) is 0 Å². The second-order valence-corrected chi connectivity index (χ2v) is 5.79. The number of benzene rings is 1. The average Bonchev–Trinajstić information content (AvgIpc) is 2.93. The Kier molecular flexibility index (Phi) is 4.65. The van der Waals surface area contributed by atoms with Gasteiger partial charge in [-0.25, -0.2) is 0 Å². The van der Waals surface area contributed by atoms with Crippen LogP contribution in [0.15, 0.2) is 24.3 Å². The largest absolute Gasteiger partial charge is 0.497 e. The highest BCUT2D eigenvalue weighted by Gasteiger charge is 2.35. The SMILES string of the molecule is COc1ccc(CC(C)(CC(=O)O)N2CCCC2)cc1. The molecule has 4 heteroatoms. The van der Waals surface area contributed by atoms with E-state index in [1.54, 1.807) is 7.11 Å². The van der Waals surface area contributed by atoms with Gasteiger partial charge in [-0.15, -0.1) is 0 Å². The highest BCUT2D eigenvalue weighted by molar-refractivity contribution is 5.68. The third-order valence-electron chi connectivity index (χ3n) is 4.15. The Balaban J connectivity index is 2.15. The molecule has 0 saturated carbocycles. The highest BCUT2D eigenvalue weighted by Crippen LogP contribution is 2.29. The fourth-order valence-corrected chi connectivity index (χ4v) is 3.05. The van der Waals surface area contributed by atoms with Crippen molar-refractivity contribution in [2.45, 2.75) is 38.1 Å². The van der Waals surface area contributed by atoms with Crippen LogP contribution in [-0.2, 0) is 11.2 Å². The summed E-state index contributed by atoms with van der Waals surface area (Å²) in [7, 11) is 1.65. The van der Waals surface area contributed by atoms with E-state index >= 15 is 0 Å². The maximum absolute atomic E-state index is 11.2. The molecule has 1 N–H and O–H groups in total. The molecule has 1 unspecified atom stereocenters. The van der Waals surface area contributed by atoms with E-state index in [4.69, 9.17) is 4.74 Å². The zero-order chi connectivity index (χ0) is 14.6. The van der Waals surface area contributed by atoms with Crippen LogP contribution >= 0.6 is 0 Å². The van der Waals surface area contributed by atoms with E-state index in [0.717, 1.165) is 43.7 Å². The van der Waals surface area contributed by atoms with Crippen LogP contribution < -0.4 is 4.74 Å². The summed E-state index contributed by atoms with van der Waals surface area (Å²) in [6.07, 6.45) is 3.26. The number of nitrogens with zero attached hydrogens (tertiary/aromatic N) is 1. The number of ether oxygens (including phenoxy) is 1. The lowest BCUT2D eigenvalue weighted by molar-refractivity contribution is -0.140. The van der Waals surface area contributed by atoms with E-state index in [1.807, 2.05) is 24.3 Å². The molecular formula is C16H23NO3. The molecule has 2 rings (SSSR count). The quantitative estimate of drug-likeness (QED) is 0.868. The van der Waals surface area contributed by atoms with Crippen LogP contribution in [0.2, 0.25) is 0 Å². The molecule has 1 atom stereocenters. The zero-order valence-corrected chi connectivity index (χ0v) is 12.3. The van der Waals surface area contributed by atoms with Gasteiger partial charge in [-0.1, -0.05) is 12.1 Å². The molecule has 1 aromatic carbocycles. The normalized spacial score (nSPS) is 18.7. The van der Waals surface area contributed by atoms with Gasteiger partial charge in [0.15, 0.2) is 0 Å². The summed E-state index contributed by atoms with van der Waals surface area (Å²) in [6.45, 7) is 4.07. The smallest absolute Gasteiger partial charge is 0.305 e. The third-order valence-corrected chi connectivity index (χ3v) is 4.15. The number of likely N-dealkylation sites (tertiary alicyclic amines) is 1. The van der Waals surface area contributed by atoms with E-state index in [2.05, 4.69) is 11.8 Å². The highest BCUT2D eigenvalue weighted by atomic mass is 16.5. The van der Waals surface area contributed by atoms with Crippen molar-refractivity contribution < 1.29 is 14.6 Å². The first-order valence-corrected chi connectivity index (χ1v) is 7.13. The van der Waals surface area contributed by atoms with Gasteiger partial charge in [-0.2, -0.15) is 0 Å². The topological polar surface area (TPSA) is 49.8 Å². The summed E-state index contributed by atoms with van der Waals surface area (Å²) in [5.74, 6) is 0.0998. The van der Waals surface area contributed by atoms with Crippen molar-refractivity contribution in [1.82, 2.24) is 4.90 Å². The number of hydrogen-bond acceptors (Lipinski definition) is 3. The van der Waals surface area contributed by atoms with Gasteiger partial charge in [0.05, 0.1) is 13.5 Å². The molecule has 1 heterocycles. The molecule has 0 aliphatic carbocycles. The minimum atomic E-state index is -0.729. The molecule has 1 saturated heterocycles. The Labute approximate surface area is 120 Å². The number of hydrogen-bond donors (Lipinski definition) is 1. The van der Waals surface area contributed by atoms with Crippen molar-refractivity contribution >= 4 is 5.97 Å². The molecule has 1 fully saturated rings. The van der Waals surface area contributed by atoms with Crippen molar-refractivity contribution in [2.75, 3.05) is 20.2 Å². The second-order valence-electron chi connectivity index (χ2n) is 5.79. The van der Waals surface area contributed by atoms with Crippen molar-refractivity contribution in [3.8, 4) is 5.75 Å². The molecule has 1 aliphatic heterocycles. The van der Waals surface area contributed by atoms with Crippen molar-refractivity contribution in [3.05, 3.63) is 29.8 Å². The number of rotatable bonds is 6. The number of carboxylic acids is 1. The van der Waals surface area contributed by atoms with E-state index in [1.165, 1.54) is 0 Å². The van der Waals surface area contributed by atoms with Crippen LogP contribution in [0.3, 0.4) is 0 Å². The van der Waals surface area contributed by atoms with Crippen molar-refractivity contribution in [2.24, 2.45) is 0 Å². The van der Waals surface area contributed by atoms with Gasteiger partial charge < -0.3 is 9.84 Å². The second kappa shape index (κ2) is 6.27. The third kappa shape index (κ3) is 3.51. The summed E-state index contributed by atoms with van der Waals surface area (Å²) in [6, 6.07) is 7.91. The Morgan fingerprint density at radius 1 is 1.30 bits per heavy atom. The van der Waals surface area contributed by atoms with E-state index in [-0.39, 0.29) is 12.0 Å². The number of carboxylic acid groups (broad SMARTS) is 1. The summed E-state index contributed by atoms with van der Waals surface area (Å²) in [5, 5.41) is 9.22. The van der Waals surface area contributed by atoms with E-state index in [9.17, 15) is 9.90 Å². The van der Waals surface area contributed by atoms with E-state index in [0.29, 0.717) is 0 Å². The zero-order valence-electron chi connectivity index (χ0n) is 12.3. The van der Waals surface area contributed by atoms with Crippen LogP contribution in [0.25, 0.3) is 0 Å². The van der Waals surface area contributed by atoms with Gasteiger partial charge in [0.2, 0.25) is 0 Å². The molecule has 1 aromatic rings. The lowest BCUT2D eigenvalue weighted by atomic mass is 9.88. The Bertz CT molecular complexity index is 451. The Hall–Kier alpha value is -1.55. The summed E-state index contributed by atoms with van der Waals surface area (Å²) < 4.78 is 5.16. The maximum Gasteiger partial charge on any atom is 0.305 e. The molecule has 20 heavy (non-hydrogen) atoms. The first kappa shape index (κ1) is 14.9. The maximum atomic E-state index is 11.2. The molecule has 4 nitrogen and oxygen atoms in total. The standard InChI is InChI=1S/C16H23NO3/c1-16(12-15(18)19,17-9-3-4-10-17)11-13-5-7-14(20-2)8-6-13/h5-8H,3-4,9-12H2,1-2H3,(H,18,19). The van der Waals surface area contributed by atoms with Gasteiger partial charge >= 0.3 is 5.97 Å². The minimum Gasteiger partial charge on any atom is -0.497 e. The fourth-order valence-electron chi connectivity index (χ4n) is 3.05. The Morgan fingerprint density at radius 3 is 2.40 bits per heavy atom. The summed E-state index contributed by atoms with van der Waals surface area (Å²) in [5.41, 5.74) is 0.846. The lowest BCUT2D eigenvalue weighted by Gasteiger charge is -2.38. The van der Waals surface area contributed by atoms with Crippen LogP contribution in [0.4, 0.5) is 0 Å². The monoisotopic (exact) mass is 277 g/mol. The number of carbonyl (C=O) groups is 1. The van der Waals surface area contributed by atoms with Crippen molar-refractivity contribution in [3.63, 3.8) is 0 Å². The number of aliphatic carboxylic acids is 1. The minimum absolute atomic E-state index is 0.180. The first-order chi connectivity index (χ1) is 9.53. The number of methoxy groups -OCH3 is 1. The van der Waals surface area contributed by atoms with Gasteiger partial charge in [-0.05, 0) is 57.0 Å². The Morgan fingerprint density at radius 2 is 1.90 bits per heavy atom. The molecule has 0 aromatic heterocycles. The molecule has 0 bridgehead atoms. The van der Waals surface area contributed by atoms with Gasteiger partial charge in [0.1, 0.15) is 5.75 Å². The molecular weight excluding hydrogens is 254 g/mol. The lowest BCUT2D eigenvalue weighted by Crippen LogP contribution is -2.48. The predicted molar refractivity (Wildman–Crippen MR) is 78.2 cm³/mol. The van der Waals surface area contributed by atoms with Crippen LogP contribution in [0, 0.1) is 0 Å². The fraction of sp³-hybridized carbons (Fsp3) is 0.562. The molecule has 0 spiro atoms. The summed E-state index contributed by atoms with van der Waals surface area (Å²) >= 11 is 0. The predicted octanol–water partition coefficient (Wildman–Crippen LogP) is 2.57. The van der Waals surface area contributed by atoms with Gasteiger partial charge in [0, 0.05) is 5.54 Å². The van der Waals surface area contributed by atoms with Gasteiger partial charge in [-0.3, -0.25) is 9.69 Å². The molecule has 1 aliphatic rings. The van der Waals surface area contributed by atoms with Crippen molar-refractivity contribution in [1.29, 1.82) is 0 Å².